The SMILES string of the molecule is Cc1nc(C2CC2)nc2sc(C(=O)Nc3ccc(C(=O)NC(C)(C)C)cc3)c(C)c12. The van der Waals surface area contributed by atoms with Gasteiger partial charge in [-0.25, -0.2) is 9.97 Å². The number of fused-ring (bicyclic) bond motifs is 1. The molecule has 0 spiro atoms. The van der Waals surface area contributed by atoms with E-state index in [0.29, 0.717) is 22.0 Å². The summed E-state index contributed by atoms with van der Waals surface area (Å²) in [5.41, 5.74) is 2.74. The maximum atomic E-state index is 12.9. The number of aromatic nitrogens is 2. The van der Waals surface area contributed by atoms with Gasteiger partial charge in [0.25, 0.3) is 11.8 Å². The van der Waals surface area contributed by atoms with E-state index in [1.165, 1.54) is 11.3 Å². The van der Waals surface area contributed by atoms with Crippen LogP contribution in [0.5, 0.6) is 0 Å². The second-order valence-electron chi connectivity index (χ2n) is 8.91. The Hall–Kier alpha value is -2.80. The van der Waals surface area contributed by atoms with E-state index in [2.05, 4.69) is 15.6 Å². The summed E-state index contributed by atoms with van der Waals surface area (Å²) in [5.74, 6) is 1.06. The molecule has 0 saturated heterocycles. The number of aryl methyl sites for hydroxylation is 2. The Kier molecular flexibility index (Phi) is 5.10. The second-order valence-corrected chi connectivity index (χ2v) is 9.91. The fourth-order valence-electron chi connectivity index (χ4n) is 3.41. The Morgan fingerprint density at radius 1 is 1.03 bits per heavy atom. The summed E-state index contributed by atoms with van der Waals surface area (Å²) in [4.78, 5) is 36.1. The molecule has 156 valence electrons. The zero-order chi connectivity index (χ0) is 21.6. The van der Waals surface area contributed by atoms with Crippen molar-refractivity contribution in [1.82, 2.24) is 15.3 Å². The van der Waals surface area contributed by atoms with Crippen LogP contribution in [0.15, 0.2) is 24.3 Å². The predicted molar refractivity (Wildman–Crippen MR) is 120 cm³/mol. The number of thiophene rings is 1. The summed E-state index contributed by atoms with van der Waals surface area (Å²) in [5, 5.41) is 6.84. The van der Waals surface area contributed by atoms with Crippen LogP contribution in [0.2, 0.25) is 0 Å². The lowest BCUT2D eigenvalue weighted by Gasteiger charge is -2.20. The quantitative estimate of drug-likeness (QED) is 0.622. The third kappa shape index (κ3) is 4.21. The van der Waals surface area contributed by atoms with Gasteiger partial charge in [0.15, 0.2) is 0 Å². The van der Waals surface area contributed by atoms with E-state index in [1.54, 1.807) is 24.3 Å². The van der Waals surface area contributed by atoms with E-state index in [9.17, 15) is 9.59 Å². The number of carbonyl (C=O) groups excluding carboxylic acids is 2. The molecule has 0 bridgehead atoms. The molecule has 2 amide bonds. The summed E-state index contributed by atoms with van der Waals surface area (Å²) in [6.07, 6.45) is 2.29. The number of hydrogen-bond acceptors (Lipinski definition) is 5. The summed E-state index contributed by atoms with van der Waals surface area (Å²) in [6.45, 7) is 9.74. The van der Waals surface area contributed by atoms with Crippen LogP contribution in [0.1, 0.15) is 76.6 Å². The minimum atomic E-state index is -0.303. The van der Waals surface area contributed by atoms with Crippen molar-refractivity contribution < 1.29 is 9.59 Å². The van der Waals surface area contributed by atoms with Gasteiger partial charge < -0.3 is 10.6 Å². The van der Waals surface area contributed by atoms with E-state index < -0.39 is 0 Å². The van der Waals surface area contributed by atoms with Crippen molar-refractivity contribution in [3.8, 4) is 0 Å². The van der Waals surface area contributed by atoms with Crippen molar-refractivity contribution >= 4 is 39.1 Å². The third-order valence-electron chi connectivity index (χ3n) is 5.03. The van der Waals surface area contributed by atoms with Crippen LogP contribution >= 0.6 is 11.3 Å². The van der Waals surface area contributed by atoms with Gasteiger partial charge >= 0.3 is 0 Å². The lowest BCUT2D eigenvalue weighted by molar-refractivity contribution is 0.0919. The Bertz CT molecular complexity index is 1140. The summed E-state index contributed by atoms with van der Waals surface area (Å²) >= 11 is 1.41. The van der Waals surface area contributed by atoms with E-state index in [1.807, 2.05) is 34.6 Å². The van der Waals surface area contributed by atoms with Gasteiger partial charge in [-0.1, -0.05) is 0 Å². The highest BCUT2D eigenvalue weighted by atomic mass is 32.1. The van der Waals surface area contributed by atoms with Crippen LogP contribution in [0, 0.1) is 13.8 Å². The minimum Gasteiger partial charge on any atom is -0.347 e. The van der Waals surface area contributed by atoms with Crippen molar-refractivity contribution in [3.63, 3.8) is 0 Å². The summed E-state index contributed by atoms with van der Waals surface area (Å²) in [6, 6.07) is 6.92. The third-order valence-corrected chi connectivity index (χ3v) is 6.22. The molecule has 3 aromatic rings. The van der Waals surface area contributed by atoms with Gasteiger partial charge in [0.05, 0.1) is 10.6 Å². The molecule has 0 atom stereocenters. The second kappa shape index (κ2) is 7.47. The van der Waals surface area contributed by atoms with Crippen LogP contribution in [0.4, 0.5) is 5.69 Å². The number of amides is 2. The molecule has 6 nitrogen and oxygen atoms in total. The monoisotopic (exact) mass is 422 g/mol. The Morgan fingerprint density at radius 3 is 2.30 bits per heavy atom. The summed E-state index contributed by atoms with van der Waals surface area (Å²) < 4.78 is 0. The van der Waals surface area contributed by atoms with Gasteiger partial charge in [-0.15, -0.1) is 11.3 Å². The first-order chi connectivity index (χ1) is 14.1. The topological polar surface area (TPSA) is 84.0 Å². The van der Waals surface area contributed by atoms with Gasteiger partial charge in [0.1, 0.15) is 10.7 Å². The maximum absolute atomic E-state index is 12.9. The molecule has 2 N–H and O–H groups in total. The zero-order valence-electron chi connectivity index (χ0n) is 17.9. The fraction of sp³-hybridized carbons (Fsp3) is 0.391. The van der Waals surface area contributed by atoms with Gasteiger partial charge in [0, 0.05) is 28.1 Å². The molecule has 0 unspecified atom stereocenters. The smallest absolute Gasteiger partial charge is 0.266 e. The standard InChI is InChI=1S/C23H26N4O2S/c1-12-17-13(2)24-19(14-6-7-14)26-22(17)30-18(12)21(29)25-16-10-8-15(9-11-16)20(28)27-23(3,4)5/h8-11,14H,6-7H2,1-5H3,(H,25,29)(H,27,28). The normalized spacial score (nSPS) is 14.0. The number of nitrogens with one attached hydrogen (secondary N) is 2. The number of carbonyl (C=O) groups is 2. The molecule has 1 fully saturated rings. The van der Waals surface area contributed by atoms with Crippen molar-refractivity contribution in [1.29, 1.82) is 0 Å². The van der Waals surface area contributed by atoms with Crippen molar-refractivity contribution in [2.45, 2.75) is 58.9 Å². The molecule has 1 aliphatic rings. The Morgan fingerprint density at radius 2 is 1.70 bits per heavy atom. The first-order valence-corrected chi connectivity index (χ1v) is 11.0. The highest BCUT2D eigenvalue weighted by Crippen LogP contribution is 2.40. The number of hydrogen-bond donors (Lipinski definition) is 2. The lowest BCUT2D eigenvalue weighted by atomic mass is 10.1. The van der Waals surface area contributed by atoms with E-state index in [4.69, 9.17) is 4.98 Å². The van der Waals surface area contributed by atoms with Gasteiger partial charge in [-0.05, 0) is 77.3 Å². The number of rotatable bonds is 4. The van der Waals surface area contributed by atoms with Crippen LogP contribution in [-0.4, -0.2) is 27.3 Å². The lowest BCUT2D eigenvalue weighted by Crippen LogP contribution is -2.40. The number of anilines is 1. The molecule has 2 heterocycles. The van der Waals surface area contributed by atoms with Gasteiger partial charge in [-0.3, -0.25) is 9.59 Å². The number of benzene rings is 1. The van der Waals surface area contributed by atoms with Crippen LogP contribution in [0.25, 0.3) is 10.2 Å². The van der Waals surface area contributed by atoms with E-state index in [-0.39, 0.29) is 17.4 Å². The highest BCUT2D eigenvalue weighted by Gasteiger charge is 2.28. The summed E-state index contributed by atoms with van der Waals surface area (Å²) in [7, 11) is 0. The van der Waals surface area contributed by atoms with E-state index >= 15 is 0 Å². The van der Waals surface area contributed by atoms with Crippen molar-refractivity contribution in [2.24, 2.45) is 0 Å². The van der Waals surface area contributed by atoms with Crippen molar-refractivity contribution in [3.05, 3.63) is 51.8 Å². The van der Waals surface area contributed by atoms with Crippen LogP contribution in [0.3, 0.4) is 0 Å². The molecule has 0 aliphatic heterocycles. The molecular weight excluding hydrogens is 396 g/mol. The molecule has 7 heteroatoms. The van der Waals surface area contributed by atoms with Crippen LogP contribution < -0.4 is 10.6 Å². The zero-order valence-corrected chi connectivity index (χ0v) is 18.7. The molecule has 1 saturated carbocycles. The molecule has 1 aliphatic carbocycles. The Labute approximate surface area is 180 Å². The first-order valence-electron chi connectivity index (χ1n) is 10.1. The average molecular weight is 423 g/mol. The van der Waals surface area contributed by atoms with Gasteiger partial charge in [0.2, 0.25) is 0 Å². The molecule has 1 aromatic carbocycles. The molecule has 0 radical (unpaired) electrons. The molecule has 4 rings (SSSR count). The molecule has 2 aromatic heterocycles. The first kappa shape index (κ1) is 20.5. The van der Waals surface area contributed by atoms with Crippen LogP contribution in [-0.2, 0) is 0 Å². The van der Waals surface area contributed by atoms with Gasteiger partial charge in [-0.2, -0.15) is 0 Å². The fourth-order valence-corrected chi connectivity index (χ4v) is 4.54. The average Bonchev–Trinajstić information content (AvgIpc) is 3.44. The maximum Gasteiger partial charge on any atom is 0.266 e. The largest absolute Gasteiger partial charge is 0.347 e. The van der Waals surface area contributed by atoms with Crippen molar-refractivity contribution in [2.75, 3.05) is 5.32 Å². The Balaban J connectivity index is 1.54. The predicted octanol–water partition coefficient (Wildman–Crippen LogP) is 4.97. The minimum absolute atomic E-state index is 0.138. The number of nitrogens with zero attached hydrogens (tertiary/aromatic N) is 2. The molecular formula is C23H26N4O2S. The highest BCUT2D eigenvalue weighted by molar-refractivity contribution is 7.20. The van der Waals surface area contributed by atoms with E-state index in [0.717, 1.165) is 40.1 Å². The molecule has 30 heavy (non-hydrogen) atoms.